The van der Waals surface area contributed by atoms with Crippen LogP contribution < -0.4 is 16.3 Å². The molecule has 4 heterocycles. The molecule has 2 aromatic carbocycles. The first-order valence-corrected chi connectivity index (χ1v) is 13.4. The largest absolute Gasteiger partial charge is 0.422 e. The molecule has 1 aliphatic heterocycles. The summed E-state index contributed by atoms with van der Waals surface area (Å²) in [5.41, 5.74) is 4.81. The van der Waals surface area contributed by atoms with Gasteiger partial charge in [-0.25, -0.2) is 14.8 Å². The molecule has 6 rings (SSSR count). The average Bonchev–Trinajstić information content (AvgIpc) is 3.27. The molecule has 0 saturated carbocycles. The highest BCUT2D eigenvalue weighted by Gasteiger charge is 2.27. The minimum absolute atomic E-state index is 0.0330. The maximum atomic E-state index is 12.9. The minimum Gasteiger partial charge on any atom is -0.422 e. The Morgan fingerprint density at radius 3 is 2.83 bits per heavy atom. The molecule has 3 aromatic heterocycles. The number of carbonyl (C=O) groups is 1. The molecule has 40 heavy (non-hydrogen) atoms. The lowest BCUT2D eigenvalue weighted by molar-refractivity contribution is 0.0277. The molecule has 10 heteroatoms. The number of anilines is 2. The van der Waals surface area contributed by atoms with Gasteiger partial charge in [0.05, 0.1) is 23.9 Å². The smallest absolute Gasteiger partial charge is 0.347 e. The van der Waals surface area contributed by atoms with Crippen LogP contribution in [0.5, 0.6) is 0 Å². The van der Waals surface area contributed by atoms with Gasteiger partial charge in [0, 0.05) is 65.7 Å². The topological polar surface area (TPSA) is 124 Å². The lowest BCUT2D eigenvalue weighted by Crippen LogP contribution is -2.35. The van der Waals surface area contributed by atoms with Crippen LogP contribution in [0.1, 0.15) is 48.0 Å². The summed E-state index contributed by atoms with van der Waals surface area (Å²) in [7, 11) is 1.98. The van der Waals surface area contributed by atoms with Crippen molar-refractivity contribution in [1.82, 2.24) is 25.1 Å². The van der Waals surface area contributed by atoms with E-state index in [2.05, 4.69) is 33.7 Å². The average molecular weight is 539 g/mol. The van der Waals surface area contributed by atoms with E-state index in [1.807, 2.05) is 42.1 Å². The molecule has 1 fully saturated rings. The van der Waals surface area contributed by atoms with Gasteiger partial charge >= 0.3 is 5.63 Å². The fourth-order valence-electron chi connectivity index (χ4n) is 5.37. The van der Waals surface area contributed by atoms with Gasteiger partial charge in [-0.05, 0) is 43.7 Å². The standard InChI is InChI=1S/C30H30N6O4/c1-4-5-24-21-14-18(6-9-23(21)35-36(24)3)22-10-11-32-30(34-22)33-19-7-8-20-25(15-19)40-29(38)27(17(2)37)28(20)26-16-31-12-13-39-26/h6-11,14-15,26,31H,4-5,12-13,16H2,1-3H3,(H,32,33,34). The van der Waals surface area contributed by atoms with Gasteiger partial charge in [-0.15, -0.1) is 0 Å². The number of Topliss-reactive ketones (excluding diaryl/α,β-unsaturated/α-hetero) is 1. The molecule has 0 spiro atoms. The quantitative estimate of drug-likeness (QED) is 0.224. The fraction of sp³-hybridized carbons (Fsp3) is 0.300. The number of morpholine rings is 1. The van der Waals surface area contributed by atoms with Crippen molar-refractivity contribution in [3.8, 4) is 11.3 Å². The molecule has 0 aliphatic carbocycles. The molecule has 0 radical (unpaired) electrons. The van der Waals surface area contributed by atoms with E-state index >= 15 is 0 Å². The van der Waals surface area contributed by atoms with Crippen LogP contribution in [0.2, 0.25) is 0 Å². The Labute approximate surface area is 230 Å². The number of nitrogens with zero attached hydrogens (tertiary/aromatic N) is 4. The van der Waals surface area contributed by atoms with Crippen molar-refractivity contribution >= 4 is 39.3 Å². The third-order valence-corrected chi connectivity index (χ3v) is 7.20. The predicted molar refractivity (Wildman–Crippen MR) is 153 cm³/mol. The molecule has 0 amide bonds. The predicted octanol–water partition coefficient (Wildman–Crippen LogP) is 4.70. The first-order chi connectivity index (χ1) is 19.4. The van der Waals surface area contributed by atoms with Crippen molar-refractivity contribution in [3.05, 3.63) is 75.9 Å². The number of aryl methyl sites for hydroxylation is 2. The van der Waals surface area contributed by atoms with Gasteiger partial charge in [-0.1, -0.05) is 19.4 Å². The maximum absolute atomic E-state index is 12.9. The van der Waals surface area contributed by atoms with Gasteiger partial charge in [-0.3, -0.25) is 9.48 Å². The van der Waals surface area contributed by atoms with E-state index in [0.717, 1.165) is 35.0 Å². The number of aromatic nitrogens is 4. The van der Waals surface area contributed by atoms with Crippen molar-refractivity contribution in [3.63, 3.8) is 0 Å². The van der Waals surface area contributed by atoms with Crippen molar-refractivity contribution in [1.29, 1.82) is 0 Å². The van der Waals surface area contributed by atoms with Crippen LogP contribution in [0.3, 0.4) is 0 Å². The van der Waals surface area contributed by atoms with E-state index in [-0.39, 0.29) is 11.3 Å². The second-order valence-corrected chi connectivity index (χ2v) is 9.95. The summed E-state index contributed by atoms with van der Waals surface area (Å²) in [6.07, 6.45) is 3.27. The Bertz CT molecular complexity index is 1800. The van der Waals surface area contributed by atoms with Crippen LogP contribution in [0.4, 0.5) is 11.6 Å². The second kappa shape index (κ2) is 10.6. The number of carbonyl (C=O) groups excluding carboxylic acids is 1. The molecule has 10 nitrogen and oxygen atoms in total. The second-order valence-electron chi connectivity index (χ2n) is 9.95. The van der Waals surface area contributed by atoms with Crippen LogP contribution in [0, 0.1) is 0 Å². The van der Waals surface area contributed by atoms with E-state index in [1.165, 1.54) is 12.6 Å². The third kappa shape index (κ3) is 4.76. The minimum atomic E-state index is -0.673. The molecular weight excluding hydrogens is 508 g/mol. The molecule has 1 atom stereocenters. The van der Waals surface area contributed by atoms with Gasteiger partial charge in [-0.2, -0.15) is 5.10 Å². The van der Waals surface area contributed by atoms with Crippen molar-refractivity contribution in [2.45, 2.75) is 32.8 Å². The summed E-state index contributed by atoms with van der Waals surface area (Å²) in [5.74, 6) is 0.0539. The van der Waals surface area contributed by atoms with Crippen molar-refractivity contribution < 1.29 is 13.9 Å². The van der Waals surface area contributed by atoms with Gasteiger partial charge in [0.1, 0.15) is 11.1 Å². The fourth-order valence-corrected chi connectivity index (χ4v) is 5.37. The monoisotopic (exact) mass is 538 g/mol. The van der Waals surface area contributed by atoms with Crippen LogP contribution in [0.15, 0.2) is 57.9 Å². The van der Waals surface area contributed by atoms with Gasteiger partial charge in [0.15, 0.2) is 5.78 Å². The van der Waals surface area contributed by atoms with Crippen LogP contribution in [-0.2, 0) is 18.2 Å². The molecular formula is C30H30N6O4. The summed E-state index contributed by atoms with van der Waals surface area (Å²) in [4.78, 5) is 34.4. The van der Waals surface area contributed by atoms with Crippen LogP contribution >= 0.6 is 0 Å². The summed E-state index contributed by atoms with van der Waals surface area (Å²) in [6.45, 7) is 5.24. The van der Waals surface area contributed by atoms with E-state index in [9.17, 15) is 9.59 Å². The number of ether oxygens (including phenoxy) is 1. The highest BCUT2D eigenvalue weighted by molar-refractivity contribution is 6.00. The first kappa shape index (κ1) is 25.8. The van der Waals surface area contributed by atoms with Crippen molar-refractivity contribution in [2.75, 3.05) is 25.0 Å². The van der Waals surface area contributed by atoms with Crippen molar-refractivity contribution in [2.24, 2.45) is 7.05 Å². The van der Waals surface area contributed by atoms with Gasteiger partial charge < -0.3 is 19.8 Å². The molecule has 0 bridgehead atoms. The number of rotatable bonds is 7. The Hall–Kier alpha value is -4.41. The van der Waals surface area contributed by atoms with E-state index in [4.69, 9.17) is 14.1 Å². The lowest BCUT2D eigenvalue weighted by atomic mass is 9.96. The number of benzene rings is 2. The Morgan fingerprint density at radius 1 is 1.18 bits per heavy atom. The Kier molecular flexibility index (Phi) is 6.87. The lowest BCUT2D eigenvalue weighted by Gasteiger charge is -2.26. The molecule has 204 valence electrons. The number of fused-ring (bicyclic) bond motifs is 2. The molecule has 1 saturated heterocycles. The molecule has 1 aliphatic rings. The molecule has 5 aromatic rings. The number of hydrogen-bond acceptors (Lipinski definition) is 9. The van der Waals surface area contributed by atoms with E-state index in [1.54, 1.807) is 12.3 Å². The zero-order valence-corrected chi connectivity index (χ0v) is 22.7. The van der Waals surface area contributed by atoms with Gasteiger partial charge in [0.25, 0.3) is 0 Å². The van der Waals surface area contributed by atoms with E-state index < -0.39 is 11.7 Å². The number of ketones is 1. The zero-order chi connectivity index (χ0) is 27.8. The maximum Gasteiger partial charge on any atom is 0.347 e. The molecule has 1 unspecified atom stereocenters. The summed E-state index contributed by atoms with van der Waals surface area (Å²) in [6, 6.07) is 13.4. The SMILES string of the molecule is CCCc1c2cc(-c3ccnc(Nc4ccc5c(C6CNCCO6)c(C(C)=O)c(=O)oc5c4)n3)ccc2nn1C. The normalized spacial score (nSPS) is 15.5. The number of hydrogen-bond donors (Lipinski definition) is 2. The Morgan fingerprint density at radius 2 is 2.05 bits per heavy atom. The third-order valence-electron chi connectivity index (χ3n) is 7.20. The Balaban J connectivity index is 1.35. The summed E-state index contributed by atoms with van der Waals surface area (Å²) < 4.78 is 13.5. The first-order valence-electron chi connectivity index (χ1n) is 13.4. The summed E-state index contributed by atoms with van der Waals surface area (Å²) in [5, 5.41) is 12.9. The number of nitrogens with one attached hydrogen (secondary N) is 2. The van der Waals surface area contributed by atoms with Gasteiger partial charge in [0.2, 0.25) is 5.95 Å². The highest BCUT2D eigenvalue weighted by atomic mass is 16.5. The highest BCUT2D eigenvalue weighted by Crippen LogP contribution is 2.32. The van der Waals surface area contributed by atoms with Crippen LogP contribution in [0.25, 0.3) is 33.1 Å². The van der Waals surface area contributed by atoms with E-state index in [0.29, 0.717) is 47.9 Å². The molecule has 2 N–H and O–H groups in total. The van der Waals surface area contributed by atoms with Crippen LogP contribution in [-0.4, -0.2) is 45.2 Å². The summed E-state index contributed by atoms with van der Waals surface area (Å²) >= 11 is 0. The zero-order valence-electron chi connectivity index (χ0n) is 22.7.